The number of aliphatic hydroxyl groups is 1. The maximum atomic E-state index is 11.4. The number of rotatable bonds is 5. The van der Waals surface area contributed by atoms with Crippen LogP contribution in [0, 0.1) is 5.92 Å². The summed E-state index contributed by atoms with van der Waals surface area (Å²) >= 11 is 0. The molecule has 1 fully saturated rings. The lowest BCUT2D eigenvalue weighted by atomic mass is 9.83. The molecule has 0 spiro atoms. The standard InChI is InChI=1S/C18H27NO3/c1-18(2,15-7-5-4-6-8-15)13-19-11-9-14(10-12-19)16(20)17(21)22-3/h4-8,14,16,20H,9-13H2,1-3H3/t16-/m0/s1. The van der Waals surface area contributed by atoms with E-state index in [9.17, 15) is 9.90 Å². The molecule has 0 aliphatic carbocycles. The van der Waals surface area contributed by atoms with Crippen molar-refractivity contribution >= 4 is 5.97 Å². The fourth-order valence-electron chi connectivity index (χ4n) is 3.28. The lowest BCUT2D eigenvalue weighted by Gasteiger charge is -2.38. The third-order valence-corrected chi connectivity index (χ3v) is 4.70. The normalized spacial score (nSPS) is 18.9. The van der Waals surface area contributed by atoms with Gasteiger partial charge in [0, 0.05) is 12.0 Å². The second kappa shape index (κ2) is 7.25. The van der Waals surface area contributed by atoms with Crippen LogP contribution in [0.5, 0.6) is 0 Å². The summed E-state index contributed by atoms with van der Waals surface area (Å²) in [7, 11) is 1.32. The summed E-state index contributed by atoms with van der Waals surface area (Å²) in [5, 5.41) is 9.95. The quantitative estimate of drug-likeness (QED) is 0.847. The Morgan fingerprint density at radius 2 is 1.91 bits per heavy atom. The number of benzene rings is 1. The van der Waals surface area contributed by atoms with E-state index < -0.39 is 12.1 Å². The molecule has 22 heavy (non-hydrogen) atoms. The Labute approximate surface area is 133 Å². The number of hydrogen-bond donors (Lipinski definition) is 1. The number of nitrogens with zero attached hydrogens (tertiary/aromatic N) is 1. The highest BCUT2D eigenvalue weighted by Gasteiger charge is 2.32. The monoisotopic (exact) mass is 305 g/mol. The van der Waals surface area contributed by atoms with Crippen LogP contribution in [0.25, 0.3) is 0 Å². The highest BCUT2D eigenvalue weighted by molar-refractivity contribution is 5.74. The Morgan fingerprint density at radius 1 is 1.32 bits per heavy atom. The zero-order valence-electron chi connectivity index (χ0n) is 13.8. The van der Waals surface area contributed by atoms with E-state index in [1.54, 1.807) is 0 Å². The SMILES string of the molecule is COC(=O)[C@@H](O)C1CCN(CC(C)(C)c2ccccc2)CC1. The van der Waals surface area contributed by atoms with E-state index >= 15 is 0 Å². The molecule has 1 atom stereocenters. The van der Waals surface area contributed by atoms with Crippen molar-refractivity contribution < 1.29 is 14.6 Å². The van der Waals surface area contributed by atoms with Gasteiger partial charge in [-0.3, -0.25) is 0 Å². The summed E-state index contributed by atoms with van der Waals surface area (Å²) in [4.78, 5) is 13.8. The maximum Gasteiger partial charge on any atom is 0.334 e. The molecule has 1 heterocycles. The molecule has 0 amide bonds. The van der Waals surface area contributed by atoms with Crippen LogP contribution in [0.2, 0.25) is 0 Å². The van der Waals surface area contributed by atoms with Crippen LogP contribution in [0.15, 0.2) is 30.3 Å². The van der Waals surface area contributed by atoms with E-state index in [1.165, 1.54) is 12.7 Å². The molecule has 1 aliphatic heterocycles. The Hall–Kier alpha value is -1.39. The summed E-state index contributed by atoms with van der Waals surface area (Å²) < 4.78 is 4.63. The van der Waals surface area contributed by atoms with E-state index in [0.29, 0.717) is 0 Å². The van der Waals surface area contributed by atoms with Gasteiger partial charge in [-0.2, -0.15) is 0 Å². The number of esters is 1. The van der Waals surface area contributed by atoms with Crippen LogP contribution in [-0.4, -0.2) is 48.8 Å². The number of piperidine rings is 1. The van der Waals surface area contributed by atoms with Crippen LogP contribution in [-0.2, 0) is 14.9 Å². The number of aliphatic hydroxyl groups excluding tert-OH is 1. The molecule has 0 bridgehead atoms. The average Bonchev–Trinajstić information content (AvgIpc) is 2.54. The first-order valence-electron chi connectivity index (χ1n) is 7.98. The zero-order chi connectivity index (χ0) is 16.2. The summed E-state index contributed by atoms with van der Waals surface area (Å²) in [6.45, 7) is 7.33. The number of ether oxygens (including phenoxy) is 1. The van der Waals surface area contributed by atoms with Gasteiger partial charge in [0.25, 0.3) is 0 Å². The van der Waals surface area contributed by atoms with E-state index in [1.807, 2.05) is 6.07 Å². The fourth-order valence-corrected chi connectivity index (χ4v) is 3.28. The van der Waals surface area contributed by atoms with Crippen molar-refractivity contribution in [1.82, 2.24) is 4.90 Å². The number of methoxy groups -OCH3 is 1. The van der Waals surface area contributed by atoms with Gasteiger partial charge in [0.15, 0.2) is 6.10 Å². The van der Waals surface area contributed by atoms with E-state index in [4.69, 9.17) is 0 Å². The number of carbonyl (C=O) groups is 1. The van der Waals surface area contributed by atoms with Crippen molar-refractivity contribution in [2.24, 2.45) is 5.92 Å². The first kappa shape index (κ1) is 17.0. The average molecular weight is 305 g/mol. The van der Waals surface area contributed by atoms with Gasteiger partial charge in [-0.05, 0) is 37.4 Å². The van der Waals surface area contributed by atoms with Crippen molar-refractivity contribution in [3.05, 3.63) is 35.9 Å². The van der Waals surface area contributed by atoms with Crippen molar-refractivity contribution in [3.8, 4) is 0 Å². The molecule has 1 aliphatic rings. The Bertz CT molecular complexity index is 478. The van der Waals surface area contributed by atoms with Crippen LogP contribution < -0.4 is 0 Å². The van der Waals surface area contributed by atoms with Crippen molar-refractivity contribution in [2.75, 3.05) is 26.7 Å². The van der Waals surface area contributed by atoms with Crippen LogP contribution >= 0.6 is 0 Å². The van der Waals surface area contributed by atoms with Gasteiger partial charge in [0.2, 0.25) is 0 Å². The highest BCUT2D eigenvalue weighted by Crippen LogP contribution is 2.28. The number of carbonyl (C=O) groups excluding carboxylic acids is 1. The molecule has 0 aromatic heterocycles. The summed E-state index contributed by atoms with van der Waals surface area (Å²) in [6.07, 6.45) is 0.691. The maximum absolute atomic E-state index is 11.4. The van der Waals surface area contributed by atoms with Gasteiger partial charge in [-0.1, -0.05) is 44.2 Å². The van der Waals surface area contributed by atoms with Gasteiger partial charge in [0.1, 0.15) is 0 Å². The first-order chi connectivity index (χ1) is 10.4. The van der Waals surface area contributed by atoms with Crippen LogP contribution in [0.3, 0.4) is 0 Å². The number of hydrogen-bond acceptors (Lipinski definition) is 4. The van der Waals surface area contributed by atoms with Crippen LogP contribution in [0.4, 0.5) is 0 Å². The molecule has 4 nitrogen and oxygen atoms in total. The second-order valence-corrected chi connectivity index (χ2v) is 6.83. The highest BCUT2D eigenvalue weighted by atomic mass is 16.5. The van der Waals surface area contributed by atoms with Gasteiger partial charge in [-0.25, -0.2) is 4.79 Å². The van der Waals surface area contributed by atoms with Gasteiger partial charge < -0.3 is 14.7 Å². The van der Waals surface area contributed by atoms with E-state index in [-0.39, 0.29) is 11.3 Å². The molecule has 1 aromatic carbocycles. The first-order valence-corrected chi connectivity index (χ1v) is 7.98. The minimum absolute atomic E-state index is 0.0172. The number of likely N-dealkylation sites (tertiary alicyclic amines) is 1. The third-order valence-electron chi connectivity index (χ3n) is 4.70. The fraction of sp³-hybridized carbons (Fsp3) is 0.611. The van der Waals surface area contributed by atoms with E-state index in [2.05, 4.69) is 47.7 Å². The summed E-state index contributed by atoms with van der Waals surface area (Å²) in [5.74, 6) is -0.494. The van der Waals surface area contributed by atoms with Crippen molar-refractivity contribution in [2.45, 2.75) is 38.2 Å². The van der Waals surface area contributed by atoms with Crippen molar-refractivity contribution in [1.29, 1.82) is 0 Å². The molecule has 122 valence electrons. The Balaban J connectivity index is 1.88. The largest absolute Gasteiger partial charge is 0.467 e. The predicted octanol–water partition coefficient (Wildman–Crippen LogP) is 2.21. The van der Waals surface area contributed by atoms with E-state index in [0.717, 1.165) is 32.5 Å². The van der Waals surface area contributed by atoms with Gasteiger partial charge >= 0.3 is 5.97 Å². The summed E-state index contributed by atoms with van der Waals surface area (Å²) in [6, 6.07) is 10.5. The molecule has 0 radical (unpaired) electrons. The van der Waals surface area contributed by atoms with Crippen molar-refractivity contribution in [3.63, 3.8) is 0 Å². The van der Waals surface area contributed by atoms with Gasteiger partial charge in [-0.15, -0.1) is 0 Å². The molecule has 4 heteroatoms. The predicted molar refractivity (Wildman–Crippen MR) is 86.7 cm³/mol. The molecule has 1 aromatic rings. The second-order valence-electron chi connectivity index (χ2n) is 6.83. The lowest BCUT2D eigenvalue weighted by Crippen LogP contribution is -2.45. The molecule has 0 saturated carbocycles. The zero-order valence-corrected chi connectivity index (χ0v) is 13.8. The smallest absolute Gasteiger partial charge is 0.334 e. The third kappa shape index (κ3) is 4.08. The Morgan fingerprint density at radius 3 is 2.45 bits per heavy atom. The molecule has 1 N–H and O–H groups in total. The molecule has 1 saturated heterocycles. The van der Waals surface area contributed by atoms with Crippen LogP contribution in [0.1, 0.15) is 32.3 Å². The minimum atomic E-state index is -0.978. The molecule has 2 rings (SSSR count). The summed E-state index contributed by atoms with van der Waals surface area (Å²) in [5.41, 5.74) is 1.43. The molecule has 0 unspecified atom stereocenters. The minimum Gasteiger partial charge on any atom is -0.467 e. The Kier molecular flexibility index (Phi) is 5.59. The molecular formula is C18H27NO3. The topological polar surface area (TPSA) is 49.8 Å². The lowest BCUT2D eigenvalue weighted by molar-refractivity contribution is -0.154. The van der Waals surface area contributed by atoms with Gasteiger partial charge in [0.05, 0.1) is 7.11 Å². The molecular weight excluding hydrogens is 278 g/mol.